The fraction of sp³-hybridized carbons (Fsp3) is 0.125. The van der Waals surface area contributed by atoms with Gasteiger partial charge in [-0.25, -0.2) is 9.97 Å². The molecule has 2 heterocycles. The lowest BCUT2D eigenvalue weighted by atomic mass is 10.4. The third-order valence-electron chi connectivity index (χ3n) is 1.63. The standard InChI is InChI=1S/C8H5Cl2N3O/c1-14-5-3-2-4-8(12-5)13-7(10)6(9)11-4/h2-3H,1H3. The second-order valence-corrected chi connectivity index (χ2v) is 3.22. The summed E-state index contributed by atoms with van der Waals surface area (Å²) in [6.45, 7) is 0. The van der Waals surface area contributed by atoms with E-state index < -0.39 is 0 Å². The predicted octanol–water partition coefficient (Wildman–Crippen LogP) is 2.34. The van der Waals surface area contributed by atoms with E-state index in [1.807, 2.05) is 0 Å². The van der Waals surface area contributed by atoms with Gasteiger partial charge < -0.3 is 4.74 Å². The number of hydrogen-bond acceptors (Lipinski definition) is 4. The maximum atomic E-state index is 5.70. The highest BCUT2D eigenvalue weighted by Crippen LogP contribution is 2.21. The largest absolute Gasteiger partial charge is 0.481 e. The Hall–Kier alpha value is -1.13. The third kappa shape index (κ3) is 1.58. The van der Waals surface area contributed by atoms with E-state index in [1.54, 1.807) is 12.1 Å². The van der Waals surface area contributed by atoms with Crippen LogP contribution < -0.4 is 4.74 Å². The normalized spacial score (nSPS) is 10.5. The van der Waals surface area contributed by atoms with Crippen molar-refractivity contribution in [2.24, 2.45) is 0 Å². The van der Waals surface area contributed by atoms with Gasteiger partial charge in [-0.15, -0.1) is 0 Å². The Labute approximate surface area is 89.9 Å². The summed E-state index contributed by atoms with van der Waals surface area (Å²) >= 11 is 11.4. The minimum Gasteiger partial charge on any atom is -0.481 e. The summed E-state index contributed by atoms with van der Waals surface area (Å²) in [6.07, 6.45) is 0. The van der Waals surface area contributed by atoms with Gasteiger partial charge >= 0.3 is 0 Å². The van der Waals surface area contributed by atoms with Gasteiger partial charge in [-0.05, 0) is 6.07 Å². The van der Waals surface area contributed by atoms with Gasteiger partial charge in [0.25, 0.3) is 0 Å². The molecule has 14 heavy (non-hydrogen) atoms. The summed E-state index contributed by atoms with van der Waals surface area (Å²) in [5, 5.41) is 0.311. The van der Waals surface area contributed by atoms with Gasteiger partial charge in [0.2, 0.25) is 5.88 Å². The van der Waals surface area contributed by atoms with Gasteiger partial charge in [-0.1, -0.05) is 23.2 Å². The second kappa shape index (κ2) is 3.55. The van der Waals surface area contributed by atoms with Crippen LogP contribution in [0.3, 0.4) is 0 Å². The Kier molecular flexibility index (Phi) is 2.39. The summed E-state index contributed by atoms with van der Waals surface area (Å²) < 4.78 is 4.94. The van der Waals surface area contributed by atoms with Crippen molar-refractivity contribution in [1.82, 2.24) is 15.0 Å². The summed E-state index contributed by atoms with van der Waals surface area (Å²) in [7, 11) is 1.53. The highest BCUT2D eigenvalue weighted by Gasteiger charge is 2.06. The smallest absolute Gasteiger partial charge is 0.215 e. The van der Waals surface area contributed by atoms with E-state index in [0.29, 0.717) is 17.0 Å². The molecule has 0 amide bonds. The van der Waals surface area contributed by atoms with Crippen molar-refractivity contribution in [2.75, 3.05) is 7.11 Å². The molecule has 72 valence electrons. The predicted molar refractivity (Wildman–Crippen MR) is 53.9 cm³/mol. The summed E-state index contributed by atoms with van der Waals surface area (Å²) in [5.74, 6) is 0.463. The minimum atomic E-state index is 0.139. The lowest BCUT2D eigenvalue weighted by Gasteiger charge is -2.01. The number of hydrogen-bond donors (Lipinski definition) is 0. The fourth-order valence-electron chi connectivity index (χ4n) is 0.998. The first-order valence-electron chi connectivity index (χ1n) is 3.74. The van der Waals surface area contributed by atoms with Crippen LogP contribution in [0.25, 0.3) is 11.2 Å². The summed E-state index contributed by atoms with van der Waals surface area (Å²) in [6, 6.07) is 3.40. The molecule has 0 aliphatic rings. The zero-order valence-electron chi connectivity index (χ0n) is 7.16. The fourth-order valence-corrected chi connectivity index (χ4v) is 1.25. The SMILES string of the molecule is COc1ccc2nc(Cl)c(Cl)nc2n1. The topological polar surface area (TPSA) is 47.9 Å². The first-order chi connectivity index (χ1) is 6.70. The monoisotopic (exact) mass is 229 g/mol. The van der Waals surface area contributed by atoms with Crippen LogP contribution in [0, 0.1) is 0 Å². The molecular weight excluding hydrogens is 225 g/mol. The first-order valence-corrected chi connectivity index (χ1v) is 4.50. The van der Waals surface area contributed by atoms with Crippen LogP contribution in [0.1, 0.15) is 0 Å². The first kappa shape index (κ1) is 9.43. The molecule has 0 fully saturated rings. The van der Waals surface area contributed by atoms with Crippen molar-refractivity contribution in [3.8, 4) is 5.88 Å². The molecule has 4 nitrogen and oxygen atoms in total. The third-order valence-corrected chi connectivity index (χ3v) is 2.25. The molecule has 2 aromatic rings. The average molecular weight is 230 g/mol. The lowest BCUT2D eigenvalue weighted by Crippen LogP contribution is -1.92. The van der Waals surface area contributed by atoms with E-state index in [1.165, 1.54) is 7.11 Å². The van der Waals surface area contributed by atoms with Gasteiger partial charge in [-0.3, -0.25) is 0 Å². The van der Waals surface area contributed by atoms with Crippen LogP contribution in [-0.4, -0.2) is 22.1 Å². The highest BCUT2D eigenvalue weighted by atomic mass is 35.5. The second-order valence-electron chi connectivity index (χ2n) is 2.50. The molecule has 0 unspecified atom stereocenters. The van der Waals surface area contributed by atoms with Crippen molar-refractivity contribution < 1.29 is 4.74 Å². The zero-order chi connectivity index (χ0) is 10.1. The van der Waals surface area contributed by atoms with Crippen LogP contribution in [0.2, 0.25) is 10.3 Å². The molecule has 0 aliphatic heterocycles. The van der Waals surface area contributed by atoms with E-state index in [4.69, 9.17) is 27.9 Å². The van der Waals surface area contributed by atoms with Gasteiger partial charge in [0.05, 0.1) is 7.11 Å². The Morgan fingerprint density at radius 3 is 2.50 bits per heavy atom. The van der Waals surface area contributed by atoms with E-state index in [0.717, 1.165) is 0 Å². The molecule has 0 atom stereocenters. The molecule has 0 bridgehead atoms. The molecule has 2 aromatic heterocycles. The van der Waals surface area contributed by atoms with Crippen LogP contribution in [0.5, 0.6) is 5.88 Å². The Morgan fingerprint density at radius 2 is 1.79 bits per heavy atom. The molecule has 0 aromatic carbocycles. The Balaban J connectivity index is 2.70. The van der Waals surface area contributed by atoms with Crippen LogP contribution in [0.4, 0.5) is 0 Å². The van der Waals surface area contributed by atoms with Gasteiger partial charge in [0.1, 0.15) is 5.52 Å². The van der Waals surface area contributed by atoms with Crippen molar-refractivity contribution >= 4 is 34.4 Å². The number of nitrogens with zero attached hydrogens (tertiary/aromatic N) is 3. The molecular formula is C8H5Cl2N3O. The van der Waals surface area contributed by atoms with Crippen molar-refractivity contribution in [1.29, 1.82) is 0 Å². The average Bonchev–Trinajstić information content (AvgIpc) is 2.19. The number of halogens is 2. The van der Waals surface area contributed by atoms with E-state index in [9.17, 15) is 0 Å². The van der Waals surface area contributed by atoms with Gasteiger partial charge in [-0.2, -0.15) is 4.98 Å². The van der Waals surface area contributed by atoms with Crippen molar-refractivity contribution in [3.05, 3.63) is 22.4 Å². The Morgan fingerprint density at radius 1 is 1.07 bits per heavy atom. The zero-order valence-corrected chi connectivity index (χ0v) is 8.67. The number of ether oxygens (including phenoxy) is 1. The number of fused-ring (bicyclic) bond motifs is 1. The molecule has 0 N–H and O–H groups in total. The molecule has 0 radical (unpaired) electrons. The molecule has 0 spiro atoms. The van der Waals surface area contributed by atoms with Gasteiger partial charge in [0, 0.05) is 6.07 Å². The Bertz CT molecular complexity index is 489. The number of rotatable bonds is 1. The van der Waals surface area contributed by atoms with Crippen molar-refractivity contribution in [3.63, 3.8) is 0 Å². The lowest BCUT2D eigenvalue weighted by molar-refractivity contribution is 0.399. The highest BCUT2D eigenvalue weighted by molar-refractivity contribution is 6.40. The summed E-state index contributed by atoms with van der Waals surface area (Å²) in [5.41, 5.74) is 0.999. The molecule has 0 aliphatic carbocycles. The number of methoxy groups -OCH3 is 1. The van der Waals surface area contributed by atoms with E-state index in [2.05, 4.69) is 15.0 Å². The molecule has 2 rings (SSSR count). The van der Waals surface area contributed by atoms with Crippen LogP contribution >= 0.6 is 23.2 Å². The molecule has 0 saturated carbocycles. The summed E-state index contributed by atoms with van der Waals surface area (Å²) in [4.78, 5) is 12.0. The van der Waals surface area contributed by atoms with Crippen molar-refractivity contribution in [2.45, 2.75) is 0 Å². The maximum Gasteiger partial charge on any atom is 0.215 e. The van der Waals surface area contributed by atoms with E-state index >= 15 is 0 Å². The van der Waals surface area contributed by atoms with Crippen LogP contribution in [0.15, 0.2) is 12.1 Å². The van der Waals surface area contributed by atoms with Gasteiger partial charge in [0.15, 0.2) is 16.0 Å². The quantitative estimate of drug-likeness (QED) is 0.754. The molecule has 0 saturated heterocycles. The molecule has 6 heteroatoms. The minimum absolute atomic E-state index is 0.139. The maximum absolute atomic E-state index is 5.70. The number of pyridine rings is 1. The number of aromatic nitrogens is 3. The van der Waals surface area contributed by atoms with Crippen LogP contribution in [-0.2, 0) is 0 Å². The van der Waals surface area contributed by atoms with E-state index in [-0.39, 0.29) is 10.3 Å².